The van der Waals surface area contributed by atoms with E-state index in [1.54, 1.807) is 72.2 Å². The molecule has 7 heteroatoms. The lowest BCUT2D eigenvalue weighted by molar-refractivity contribution is 0.594. The van der Waals surface area contributed by atoms with Crippen LogP contribution in [0.25, 0.3) is 0 Å². The van der Waals surface area contributed by atoms with Crippen LogP contribution in [0.5, 0.6) is 0 Å². The van der Waals surface area contributed by atoms with Gasteiger partial charge in [-0.1, -0.05) is 18.2 Å². The van der Waals surface area contributed by atoms with Gasteiger partial charge in [-0.25, -0.2) is 8.42 Å². The van der Waals surface area contributed by atoms with Crippen molar-refractivity contribution >= 4 is 33.3 Å². The van der Waals surface area contributed by atoms with Crippen molar-refractivity contribution in [1.82, 2.24) is 0 Å². The zero-order chi connectivity index (χ0) is 17.9. The Bertz CT molecular complexity index is 934. The number of nitrogen functional groups attached to an aromatic ring is 1. The van der Waals surface area contributed by atoms with Gasteiger partial charge in [-0.05, 0) is 36.4 Å². The van der Waals surface area contributed by atoms with Gasteiger partial charge in [0.25, 0.3) is 10.0 Å². The molecule has 0 atom stereocenters. The summed E-state index contributed by atoms with van der Waals surface area (Å²) in [4.78, 5) is 5.93. The van der Waals surface area contributed by atoms with E-state index in [2.05, 4.69) is 4.99 Å². The molecule has 0 radical (unpaired) electrons. The maximum absolute atomic E-state index is 12.8. The molecule has 2 aromatic carbocycles. The van der Waals surface area contributed by atoms with Gasteiger partial charge < -0.3 is 10.6 Å². The standard InChI is InChI=1S/C18H18N4O2S/c1-21(15-6-3-2-4-7-15)25(23,24)16-8-9-18(17(19)14-16)22-12-5-10-20-11-13-22/h2-14H,19H2,1H3. The van der Waals surface area contributed by atoms with Crippen molar-refractivity contribution < 1.29 is 8.42 Å². The normalized spacial score (nSPS) is 13.7. The second-order valence-electron chi connectivity index (χ2n) is 5.37. The quantitative estimate of drug-likeness (QED) is 0.856. The minimum absolute atomic E-state index is 0.138. The minimum atomic E-state index is -3.70. The fourth-order valence-electron chi connectivity index (χ4n) is 2.41. The SMILES string of the molecule is CN(c1ccccc1)S(=O)(=O)c1ccc(N2C=CC=NC=C2)c(N)c1. The summed E-state index contributed by atoms with van der Waals surface area (Å²) in [6.45, 7) is 0. The minimum Gasteiger partial charge on any atom is -0.397 e. The van der Waals surface area contributed by atoms with Crippen LogP contribution < -0.4 is 14.9 Å². The van der Waals surface area contributed by atoms with E-state index in [0.717, 1.165) is 0 Å². The summed E-state index contributed by atoms with van der Waals surface area (Å²) in [5.74, 6) is 0. The maximum atomic E-state index is 12.8. The first kappa shape index (κ1) is 16.8. The first-order valence-corrected chi connectivity index (χ1v) is 9.02. The lowest BCUT2D eigenvalue weighted by atomic mass is 10.2. The molecule has 1 aliphatic rings. The van der Waals surface area contributed by atoms with Crippen molar-refractivity contribution in [3.8, 4) is 0 Å². The van der Waals surface area contributed by atoms with E-state index in [1.807, 2.05) is 6.07 Å². The third-order valence-electron chi connectivity index (χ3n) is 3.79. The molecule has 0 saturated carbocycles. The van der Waals surface area contributed by atoms with Crippen LogP contribution in [0.2, 0.25) is 0 Å². The van der Waals surface area contributed by atoms with Crippen molar-refractivity contribution in [2.75, 3.05) is 22.0 Å². The van der Waals surface area contributed by atoms with E-state index in [4.69, 9.17) is 5.73 Å². The van der Waals surface area contributed by atoms with Gasteiger partial charge in [-0.3, -0.25) is 9.30 Å². The van der Waals surface area contributed by atoms with Crippen LogP contribution in [-0.2, 0) is 10.0 Å². The largest absolute Gasteiger partial charge is 0.397 e. The van der Waals surface area contributed by atoms with Crippen LogP contribution in [-0.4, -0.2) is 21.7 Å². The number of aliphatic imine (C=N–C) groups is 1. The molecule has 25 heavy (non-hydrogen) atoms. The average Bonchev–Trinajstić information content (AvgIpc) is 2.91. The number of nitrogens with two attached hydrogens (primary N) is 1. The van der Waals surface area contributed by atoms with Gasteiger partial charge in [0.1, 0.15) is 0 Å². The monoisotopic (exact) mass is 354 g/mol. The predicted octanol–water partition coefficient (Wildman–Crippen LogP) is 2.97. The number of benzene rings is 2. The molecule has 6 nitrogen and oxygen atoms in total. The molecule has 0 unspecified atom stereocenters. The van der Waals surface area contributed by atoms with Gasteiger partial charge in [0.05, 0.1) is 22.0 Å². The second-order valence-corrected chi connectivity index (χ2v) is 7.34. The molecule has 3 rings (SSSR count). The van der Waals surface area contributed by atoms with Crippen LogP contribution in [0.3, 0.4) is 0 Å². The third kappa shape index (κ3) is 3.41. The first-order valence-electron chi connectivity index (χ1n) is 7.58. The van der Waals surface area contributed by atoms with E-state index < -0.39 is 10.0 Å². The molecule has 0 saturated heterocycles. The van der Waals surface area contributed by atoms with Gasteiger partial charge in [0.15, 0.2) is 0 Å². The molecule has 0 aliphatic carbocycles. The Morgan fingerprint density at radius 3 is 2.56 bits per heavy atom. The average molecular weight is 354 g/mol. The first-order chi connectivity index (χ1) is 12.0. The lowest BCUT2D eigenvalue weighted by Crippen LogP contribution is -2.26. The molecule has 0 amide bonds. The Labute approximate surface area is 147 Å². The Kier molecular flexibility index (Phi) is 4.58. The summed E-state index contributed by atoms with van der Waals surface area (Å²) in [6.07, 6.45) is 8.60. The lowest BCUT2D eigenvalue weighted by Gasteiger charge is -2.21. The number of sulfonamides is 1. The highest BCUT2D eigenvalue weighted by atomic mass is 32.2. The highest BCUT2D eigenvalue weighted by molar-refractivity contribution is 7.92. The summed E-state index contributed by atoms with van der Waals surface area (Å²) >= 11 is 0. The molecule has 2 aromatic rings. The van der Waals surface area contributed by atoms with Crippen molar-refractivity contribution in [2.24, 2.45) is 4.99 Å². The van der Waals surface area contributed by atoms with Crippen molar-refractivity contribution in [3.05, 3.63) is 73.2 Å². The van der Waals surface area contributed by atoms with E-state index in [1.165, 1.54) is 17.4 Å². The summed E-state index contributed by atoms with van der Waals surface area (Å²) < 4.78 is 26.9. The Morgan fingerprint density at radius 2 is 1.84 bits per heavy atom. The second kappa shape index (κ2) is 6.82. The molecular weight excluding hydrogens is 336 g/mol. The van der Waals surface area contributed by atoms with E-state index in [-0.39, 0.29) is 4.90 Å². The molecular formula is C18H18N4O2S. The van der Waals surface area contributed by atoms with Crippen LogP contribution in [0.1, 0.15) is 0 Å². The number of para-hydroxylation sites is 1. The van der Waals surface area contributed by atoms with Crippen molar-refractivity contribution in [1.29, 1.82) is 0 Å². The molecule has 0 fully saturated rings. The predicted molar refractivity (Wildman–Crippen MR) is 102 cm³/mol. The van der Waals surface area contributed by atoms with Crippen LogP contribution >= 0.6 is 0 Å². The van der Waals surface area contributed by atoms with Crippen LogP contribution in [0.15, 0.2) is 83.1 Å². The topological polar surface area (TPSA) is 79.0 Å². The molecule has 2 N–H and O–H groups in total. The van der Waals surface area contributed by atoms with Crippen LogP contribution in [0.4, 0.5) is 17.1 Å². The number of nitrogens with zero attached hydrogens (tertiary/aromatic N) is 3. The van der Waals surface area contributed by atoms with Gasteiger partial charge in [0, 0.05) is 31.9 Å². The Hall–Kier alpha value is -3.06. The van der Waals surface area contributed by atoms with Crippen LogP contribution in [0, 0.1) is 0 Å². The molecule has 128 valence electrons. The summed E-state index contributed by atoms with van der Waals surface area (Å²) in [5, 5.41) is 0. The number of hydrogen-bond acceptors (Lipinski definition) is 5. The fraction of sp³-hybridized carbons (Fsp3) is 0.0556. The number of hydrogen-bond donors (Lipinski definition) is 1. The summed E-state index contributed by atoms with van der Waals surface area (Å²) in [6, 6.07) is 13.6. The molecule has 0 spiro atoms. The molecule has 0 aromatic heterocycles. The zero-order valence-electron chi connectivity index (χ0n) is 13.6. The smallest absolute Gasteiger partial charge is 0.264 e. The molecule has 0 bridgehead atoms. The Balaban J connectivity index is 1.94. The molecule has 1 aliphatic heterocycles. The van der Waals surface area contributed by atoms with Gasteiger partial charge in [0.2, 0.25) is 0 Å². The number of anilines is 3. The third-order valence-corrected chi connectivity index (χ3v) is 5.57. The summed E-state index contributed by atoms with van der Waals surface area (Å²) in [5.41, 5.74) is 7.73. The van der Waals surface area contributed by atoms with Gasteiger partial charge in [-0.15, -0.1) is 0 Å². The van der Waals surface area contributed by atoms with Gasteiger partial charge in [-0.2, -0.15) is 0 Å². The van der Waals surface area contributed by atoms with Crippen molar-refractivity contribution in [3.63, 3.8) is 0 Å². The zero-order valence-corrected chi connectivity index (χ0v) is 14.5. The maximum Gasteiger partial charge on any atom is 0.264 e. The highest BCUT2D eigenvalue weighted by Crippen LogP contribution is 2.29. The van der Waals surface area contributed by atoms with E-state index in [0.29, 0.717) is 17.1 Å². The van der Waals surface area contributed by atoms with Gasteiger partial charge >= 0.3 is 0 Å². The molecule has 1 heterocycles. The summed E-state index contributed by atoms with van der Waals surface area (Å²) in [7, 11) is -2.17. The number of allylic oxidation sites excluding steroid dienone is 1. The number of rotatable bonds is 4. The van der Waals surface area contributed by atoms with E-state index >= 15 is 0 Å². The van der Waals surface area contributed by atoms with Crippen molar-refractivity contribution in [2.45, 2.75) is 4.90 Å². The Morgan fingerprint density at radius 1 is 1.08 bits per heavy atom. The van der Waals surface area contributed by atoms with E-state index in [9.17, 15) is 8.42 Å². The fourth-order valence-corrected chi connectivity index (χ4v) is 3.65. The highest BCUT2D eigenvalue weighted by Gasteiger charge is 2.22.